The van der Waals surface area contributed by atoms with E-state index in [0.717, 1.165) is 31.4 Å². The second-order valence-electron chi connectivity index (χ2n) is 8.52. The smallest absolute Gasteiger partial charge is 0.417 e. The highest BCUT2D eigenvalue weighted by molar-refractivity contribution is 6.06. The Bertz CT molecular complexity index is 998. The number of benzene rings is 2. The SMILES string of the molecule is Cc1ccc(CC(=O)O)cc1NC(=O)c1ccc(OCCC2CCCCC2)cc1C(F)(F)F. The summed E-state index contributed by atoms with van der Waals surface area (Å²) in [6, 6.07) is 8.02. The van der Waals surface area contributed by atoms with Gasteiger partial charge in [0.15, 0.2) is 0 Å². The summed E-state index contributed by atoms with van der Waals surface area (Å²) >= 11 is 0. The van der Waals surface area contributed by atoms with E-state index in [4.69, 9.17) is 9.84 Å². The molecule has 0 radical (unpaired) electrons. The fourth-order valence-electron chi connectivity index (χ4n) is 4.14. The predicted molar refractivity (Wildman–Crippen MR) is 119 cm³/mol. The molecule has 2 N–H and O–H groups in total. The summed E-state index contributed by atoms with van der Waals surface area (Å²) < 4.78 is 46.8. The van der Waals surface area contributed by atoms with E-state index in [0.29, 0.717) is 23.7 Å². The van der Waals surface area contributed by atoms with Gasteiger partial charge in [0.2, 0.25) is 0 Å². The Balaban J connectivity index is 1.75. The summed E-state index contributed by atoms with van der Waals surface area (Å²) in [5.41, 5.74) is -0.297. The fourth-order valence-corrected chi connectivity index (χ4v) is 4.14. The molecule has 0 unspecified atom stereocenters. The molecular formula is C25H28F3NO4. The van der Waals surface area contributed by atoms with Crippen LogP contribution in [0.15, 0.2) is 36.4 Å². The number of hydrogen-bond acceptors (Lipinski definition) is 3. The van der Waals surface area contributed by atoms with Gasteiger partial charge < -0.3 is 15.2 Å². The Morgan fingerprint density at radius 1 is 1.09 bits per heavy atom. The van der Waals surface area contributed by atoms with E-state index < -0.39 is 29.2 Å². The number of halogens is 3. The third-order valence-electron chi connectivity index (χ3n) is 5.97. The van der Waals surface area contributed by atoms with Gasteiger partial charge in [-0.2, -0.15) is 13.2 Å². The molecule has 0 aromatic heterocycles. The van der Waals surface area contributed by atoms with Crippen LogP contribution >= 0.6 is 0 Å². The molecule has 1 aliphatic rings. The van der Waals surface area contributed by atoms with E-state index >= 15 is 0 Å². The lowest BCUT2D eigenvalue weighted by molar-refractivity contribution is -0.138. The molecule has 1 aliphatic carbocycles. The van der Waals surface area contributed by atoms with Crippen molar-refractivity contribution >= 4 is 17.6 Å². The molecule has 8 heteroatoms. The molecule has 0 atom stereocenters. The molecule has 0 bridgehead atoms. The zero-order valence-corrected chi connectivity index (χ0v) is 18.5. The molecule has 5 nitrogen and oxygen atoms in total. The Hall–Kier alpha value is -3.03. The van der Waals surface area contributed by atoms with Crippen LogP contribution < -0.4 is 10.1 Å². The van der Waals surface area contributed by atoms with E-state index in [1.54, 1.807) is 19.1 Å². The lowest BCUT2D eigenvalue weighted by atomic mass is 9.87. The molecule has 1 saturated carbocycles. The first-order valence-corrected chi connectivity index (χ1v) is 11.1. The lowest BCUT2D eigenvalue weighted by Gasteiger charge is -2.21. The van der Waals surface area contributed by atoms with Crippen LogP contribution in [0, 0.1) is 12.8 Å². The normalized spacial score (nSPS) is 14.7. The monoisotopic (exact) mass is 463 g/mol. The Kier molecular flexibility index (Phi) is 8.00. The van der Waals surface area contributed by atoms with Crippen molar-refractivity contribution in [3.63, 3.8) is 0 Å². The van der Waals surface area contributed by atoms with Gasteiger partial charge in [-0.3, -0.25) is 9.59 Å². The first-order valence-electron chi connectivity index (χ1n) is 11.1. The first-order chi connectivity index (χ1) is 15.6. The van der Waals surface area contributed by atoms with Gasteiger partial charge in [0.05, 0.1) is 24.2 Å². The fraction of sp³-hybridized carbons (Fsp3) is 0.440. The number of alkyl halides is 3. The van der Waals surface area contributed by atoms with Crippen molar-refractivity contribution in [2.24, 2.45) is 5.92 Å². The molecule has 0 spiro atoms. The summed E-state index contributed by atoms with van der Waals surface area (Å²) in [5.74, 6) is -1.35. The predicted octanol–water partition coefficient (Wildman–Crippen LogP) is 6.24. The van der Waals surface area contributed by atoms with Gasteiger partial charge in [0, 0.05) is 5.69 Å². The molecule has 2 aromatic carbocycles. The number of carboxylic acids is 1. The number of hydrogen-bond donors (Lipinski definition) is 2. The van der Waals surface area contributed by atoms with Gasteiger partial charge in [0.25, 0.3) is 5.91 Å². The highest BCUT2D eigenvalue weighted by Crippen LogP contribution is 2.35. The zero-order chi connectivity index (χ0) is 24.0. The van der Waals surface area contributed by atoms with Crippen LogP contribution in [0.5, 0.6) is 5.75 Å². The Morgan fingerprint density at radius 3 is 2.48 bits per heavy atom. The van der Waals surface area contributed by atoms with Crippen molar-refractivity contribution in [1.29, 1.82) is 0 Å². The number of aryl methyl sites for hydroxylation is 1. The van der Waals surface area contributed by atoms with Crippen LogP contribution in [0.3, 0.4) is 0 Å². The molecule has 1 amide bonds. The highest BCUT2D eigenvalue weighted by Gasteiger charge is 2.36. The number of rotatable bonds is 8. The Labute approximate surface area is 191 Å². The van der Waals surface area contributed by atoms with Crippen LogP contribution in [-0.4, -0.2) is 23.6 Å². The number of carbonyl (C=O) groups is 2. The first kappa shape index (κ1) is 24.6. The minimum Gasteiger partial charge on any atom is -0.494 e. The molecular weight excluding hydrogens is 435 g/mol. The maximum atomic E-state index is 13.7. The number of carbonyl (C=O) groups excluding carboxylic acids is 1. The number of carboxylic acid groups (broad SMARTS) is 1. The van der Waals surface area contributed by atoms with Crippen molar-refractivity contribution in [3.05, 3.63) is 58.7 Å². The quantitative estimate of drug-likeness (QED) is 0.486. The standard InChI is InChI=1S/C25H28F3NO4/c1-16-7-8-18(14-23(30)31)13-22(16)29-24(32)20-10-9-19(15-21(20)25(26,27)28)33-12-11-17-5-3-2-4-6-17/h7-10,13,15,17H,2-6,11-12,14H2,1H3,(H,29,32)(H,30,31). The zero-order valence-electron chi connectivity index (χ0n) is 18.5. The van der Waals surface area contributed by atoms with Crippen LogP contribution in [0.2, 0.25) is 0 Å². The summed E-state index contributed by atoms with van der Waals surface area (Å²) in [6.45, 7) is 2.01. The second-order valence-corrected chi connectivity index (χ2v) is 8.52. The second kappa shape index (κ2) is 10.7. The van der Waals surface area contributed by atoms with Crippen LogP contribution in [-0.2, 0) is 17.4 Å². The molecule has 3 rings (SSSR count). The Morgan fingerprint density at radius 2 is 1.82 bits per heavy atom. The number of aliphatic carboxylic acids is 1. The summed E-state index contributed by atoms with van der Waals surface area (Å²) in [7, 11) is 0. The minimum absolute atomic E-state index is 0.0781. The van der Waals surface area contributed by atoms with Gasteiger partial charge in [-0.15, -0.1) is 0 Å². The minimum atomic E-state index is -4.74. The number of ether oxygens (including phenoxy) is 1. The van der Waals surface area contributed by atoms with Gasteiger partial charge in [-0.05, 0) is 54.7 Å². The average Bonchev–Trinajstić information content (AvgIpc) is 2.76. The molecule has 0 heterocycles. The van der Waals surface area contributed by atoms with E-state index in [-0.39, 0.29) is 17.9 Å². The third kappa shape index (κ3) is 6.97. The number of anilines is 1. The molecule has 1 fully saturated rings. The molecule has 0 saturated heterocycles. The van der Waals surface area contributed by atoms with E-state index in [2.05, 4.69) is 5.32 Å². The van der Waals surface area contributed by atoms with Crippen molar-refractivity contribution in [2.75, 3.05) is 11.9 Å². The molecule has 178 valence electrons. The summed E-state index contributed by atoms with van der Waals surface area (Å²) in [6.07, 6.45) is 1.66. The summed E-state index contributed by atoms with van der Waals surface area (Å²) in [4.78, 5) is 23.7. The largest absolute Gasteiger partial charge is 0.494 e. The van der Waals surface area contributed by atoms with Crippen molar-refractivity contribution in [3.8, 4) is 5.75 Å². The van der Waals surface area contributed by atoms with E-state index in [1.807, 2.05) is 0 Å². The number of nitrogens with one attached hydrogen (secondary N) is 1. The van der Waals surface area contributed by atoms with Crippen LogP contribution in [0.4, 0.5) is 18.9 Å². The van der Waals surface area contributed by atoms with Crippen LogP contribution in [0.1, 0.15) is 65.6 Å². The van der Waals surface area contributed by atoms with E-state index in [9.17, 15) is 22.8 Å². The van der Waals surface area contributed by atoms with Crippen LogP contribution in [0.25, 0.3) is 0 Å². The van der Waals surface area contributed by atoms with Gasteiger partial charge in [0.1, 0.15) is 5.75 Å². The number of amides is 1. The van der Waals surface area contributed by atoms with Crippen molar-refractivity contribution in [2.45, 2.75) is 58.0 Å². The molecule has 0 aliphatic heterocycles. The maximum Gasteiger partial charge on any atom is 0.417 e. The van der Waals surface area contributed by atoms with E-state index in [1.165, 1.54) is 31.4 Å². The van der Waals surface area contributed by atoms with Gasteiger partial charge in [-0.25, -0.2) is 0 Å². The molecule has 2 aromatic rings. The highest BCUT2D eigenvalue weighted by atomic mass is 19.4. The van der Waals surface area contributed by atoms with Crippen molar-refractivity contribution < 1.29 is 32.6 Å². The van der Waals surface area contributed by atoms with Gasteiger partial charge >= 0.3 is 12.1 Å². The summed E-state index contributed by atoms with van der Waals surface area (Å²) in [5, 5.41) is 11.4. The topological polar surface area (TPSA) is 75.6 Å². The maximum absolute atomic E-state index is 13.7. The van der Waals surface area contributed by atoms with Gasteiger partial charge in [-0.1, -0.05) is 44.2 Å². The molecule has 33 heavy (non-hydrogen) atoms. The lowest BCUT2D eigenvalue weighted by Crippen LogP contribution is -2.19. The average molecular weight is 463 g/mol. The third-order valence-corrected chi connectivity index (χ3v) is 5.97. The van der Waals surface area contributed by atoms with Crippen molar-refractivity contribution in [1.82, 2.24) is 0 Å².